The van der Waals surface area contributed by atoms with Crippen LogP contribution in [0.15, 0.2) is 15.7 Å². The highest BCUT2D eigenvalue weighted by Gasteiger charge is 2.38. The number of nitrogens with one attached hydrogen (secondary N) is 2. The second kappa shape index (κ2) is 6.75. The molecular formula is C14H24N2O3S2. The fourth-order valence-electron chi connectivity index (χ4n) is 2.23. The second-order valence-corrected chi connectivity index (χ2v) is 8.78. The Morgan fingerprint density at radius 2 is 2.14 bits per heavy atom. The van der Waals surface area contributed by atoms with Crippen molar-refractivity contribution in [2.24, 2.45) is 0 Å². The van der Waals surface area contributed by atoms with Crippen LogP contribution in [0.1, 0.15) is 38.7 Å². The molecule has 1 fully saturated rings. The third kappa shape index (κ3) is 4.26. The molecule has 2 N–H and O–H groups in total. The van der Waals surface area contributed by atoms with E-state index in [0.29, 0.717) is 23.3 Å². The second-order valence-electron chi connectivity index (χ2n) is 5.87. The number of sulfonamides is 1. The molecular weight excluding hydrogens is 308 g/mol. The van der Waals surface area contributed by atoms with Gasteiger partial charge in [0.1, 0.15) is 4.21 Å². The van der Waals surface area contributed by atoms with Crippen molar-refractivity contribution < 1.29 is 13.2 Å². The van der Waals surface area contributed by atoms with Gasteiger partial charge in [-0.15, -0.1) is 11.3 Å². The number of hydrogen-bond acceptors (Lipinski definition) is 5. The van der Waals surface area contributed by atoms with Crippen LogP contribution in [0, 0.1) is 0 Å². The molecule has 1 aliphatic carbocycles. The molecule has 0 aromatic carbocycles. The van der Waals surface area contributed by atoms with E-state index in [1.807, 2.05) is 5.38 Å². The van der Waals surface area contributed by atoms with E-state index in [2.05, 4.69) is 23.9 Å². The van der Waals surface area contributed by atoms with E-state index in [1.54, 1.807) is 13.2 Å². The molecule has 0 atom stereocenters. The Bertz CT molecular complexity index is 557. The van der Waals surface area contributed by atoms with Gasteiger partial charge in [-0.1, -0.05) is 13.8 Å². The lowest BCUT2D eigenvalue weighted by Crippen LogP contribution is -2.49. The molecule has 120 valence electrons. The fraction of sp³-hybridized carbons (Fsp3) is 0.714. The van der Waals surface area contributed by atoms with Gasteiger partial charge < -0.3 is 10.1 Å². The molecule has 0 saturated heterocycles. The predicted molar refractivity (Wildman–Crippen MR) is 85.1 cm³/mol. The average molecular weight is 332 g/mol. The minimum Gasteiger partial charge on any atom is -0.377 e. The van der Waals surface area contributed by atoms with Crippen molar-refractivity contribution in [3.63, 3.8) is 0 Å². The number of thiophene rings is 1. The highest BCUT2D eigenvalue weighted by Crippen LogP contribution is 2.34. The maximum absolute atomic E-state index is 12.3. The molecule has 0 unspecified atom stereocenters. The lowest BCUT2D eigenvalue weighted by Gasteiger charge is -2.40. The van der Waals surface area contributed by atoms with Gasteiger partial charge in [0.2, 0.25) is 10.0 Å². The van der Waals surface area contributed by atoms with Crippen LogP contribution >= 0.6 is 11.3 Å². The van der Waals surface area contributed by atoms with Crippen LogP contribution in [0.2, 0.25) is 0 Å². The number of methoxy groups -OCH3 is 1. The van der Waals surface area contributed by atoms with Gasteiger partial charge in [-0.25, -0.2) is 13.1 Å². The molecule has 0 spiro atoms. The van der Waals surface area contributed by atoms with Gasteiger partial charge in [0.15, 0.2) is 0 Å². The summed E-state index contributed by atoms with van der Waals surface area (Å²) in [5.41, 5.74) is 0.700. The van der Waals surface area contributed by atoms with Gasteiger partial charge in [0.25, 0.3) is 0 Å². The lowest BCUT2D eigenvalue weighted by atomic mass is 9.80. The first-order valence-corrected chi connectivity index (χ1v) is 9.59. The summed E-state index contributed by atoms with van der Waals surface area (Å²) in [6.07, 6.45) is 2.93. The maximum atomic E-state index is 12.3. The minimum absolute atomic E-state index is 0.299. The highest BCUT2D eigenvalue weighted by atomic mass is 32.2. The standard InChI is InChI=1S/C14H24N2O3S2/c1-11(2)15-8-12-7-13(20-9-12)21(17,18)16-10-14(19-3)5-4-6-14/h7,9,11,15-16H,4-6,8,10H2,1-3H3. The van der Waals surface area contributed by atoms with Crippen molar-refractivity contribution in [2.45, 2.75) is 55.5 Å². The average Bonchev–Trinajstić information content (AvgIpc) is 2.85. The normalized spacial score (nSPS) is 17.9. The molecule has 0 radical (unpaired) electrons. The summed E-state index contributed by atoms with van der Waals surface area (Å²) in [6.45, 7) is 5.16. The molecule has 0 aliphatic heterocycles. The first-order valence-electron chi connectivity index (χ1n) is 7.22. The van der Waals surface area contributed by atoms with Crippen molar-refractivity contribution in [1.29, 1.82) is 0 Å². The van der Waals surface area contributed by atoms with Crippen molar-refractivity contribution in [2.75, 3.05) is 13.7 Å². The van der Waals surface area contributed by atoms with Crippen molar-refractivity contribution in [1.82, 2.24) is 10.0 Å². The molecule has 1 heterocycles. The molecule has 21 heavy (non-hydrogen) atoms. The molecule has 7 heteroatoms. The van der Waals surface area contributed by atoms with Crippen molar-refractivity contribution in [3.05, 3.63) is 17.0 Å². The third-order valence-electron chi connectivity index (χ3n) is 3.89. The third-order valence-corrected chi connectivity index (χ3v) is 6.78. The van der Waals surface area contributed by atoms with Gasteiger partial charge in [0.05, 0.1) is 5.60 Å². The van der Waals surface area contributed by atoms with E-state index in [1.165, 1.54) is 11.3 Å². The molecule has 5 nitrogen and oxygen atoms in total. The van der Waals surface area contributed by atoms with Gasteiger partial charge in [-0.2, -0.15) is 0 Å². The summed E-state index contributed by atoms with van der Waals surface area (Å²) in [5, 5.41) is 5.17. The summed E-state index contributed by atoms with van der Waals surface area (Å²) in [5.74, 6) is 0. The van der Waals surface area contributed by atoms with Gasteiger partial charge >= 0.3 is 0 Å². The lowest BCUT2D eigenvalue weighted by molar-refractivity contribution is -0.0659. The van der Waals surface area contributed by atoms with E-state index < -0.39 is 10.0 Å². The predicted octanol–water partition coefficient (Wildman–Crippen LogP) is 2.09. The fourth-order valence-corrected chi connectivity index (χ4v) is 4.60. The first-order chi connectivity index (χ1) is 9.87. The Morgan fingerprint density at radius 1 is 1.43 bits per heavy atom. The Balaban J connectivity index is 1.96. The summed E-state index contributed by atoms with van der Waals surface area (Å²) in [6, 6.07) is 2.12. The van der Waals surface area contributed by atoms with Crippen LogP contribution < -0.4 is 10.0 Å². The largest absolute Gasteiger partial charge is 0.377 e. The monoisotopic (exact) mass is 332 g/mol. The smallest absolute Gasteiger partial charge is 0.250 e. The Morgan fingerprint density at radius 3 is 2.67 bits per heavy atom. The van der Waals surface area contributed by atoms with Crippen LogP contribution in [0.4, 0.5) is 0 Å². The molecule has 0 bridgehead atoms. The topological polar surface area (TPSA) is 67.4 Å². The maximum Gasteiger partial charge on any atom is 0.250 e. The SMILES string of the molecule is COC1(CNS(=O)(=O)c2cc(CNC(C)C)cs2)CCC1. The van der Waals surface area contributed by atoms with E-state index in [0.717, 1.165) is 24.8 Å². The molecule has 1 aromatic heterocycles. The molecule has 0 amide bonds. The Labute approximate surface area is 131 Å². The Kier molecular flexibility index (Phi) is 5.43. The van der Waals surface area contributed by atoms with E-state index in [4.69, 9.17) is 4.74 Å². The molecule has 1 aliphatic rings. The van der Waals surface area contributed by atoms with Crippen molar-refractivity contribution in [3.8, 4) is 0 Å². The van der Waals surface area contributed by atoms with Crippen LogP contribution in [0.25, 0.3) is 0 Å². The molecule has 1 saturated carbocycles. The van der Waals surface area contributed by atoms with Crippen LogP contribution in [-0.2, 0) is 21.3 Å². The van der Waals surface area contributed by atoms with Crippen molar-refractivity contribution >= 4 is 21.4 Å². The zero-order valence-electron chi connectivity index (χ0n) is 12.8. The summed E-state index contributed by atoms with van der Waals surface area (Å²) >= 11 is 1.26. The van der Waals surface area contributed by atoms with E-state index in [-0.39, 0.29) is 5.60 Å². The summed E-state index contributed by atoms with van der Waals surface area (Å²) in [7, 11) is -1.79. The van der Waals surface area contributed by atoms with E-state index >= 15 is 0 Å². The quantitative estimate of drug-likeness (QED) is 0.765. The number of ether oxygens (including phenoxy) is 1. The summed E-state index contributed by atoms with van der Waals surface area (Å²) in [4.78, 5) is 0. The van der Waals surface area contributed by atoms with Crippen LogP contribution in [0.5, 0.6) is 0 Å². The zero-order chi connectivity index (χ0) is 15.5. The van der Waals surface area contributed by atoms with Gasteiger partial charge in [-0.05, 0) is 36.3 Å². The highest BCUT2D eigenvalue weighted by molar-refractivity contribution is 7.91. The summed E-state index contributed by atoms with van der Waals surface area (Å²) < 4.78 is 33.1. The number of rotatable bonds is 8. The van der Waals surface area contributed by atoms with Gasteiger partial charge in [-0.3, -0.25) is 0 Å². The van der Waals surface area contributed by atoms with Crippen LogP contribution in [0.3, 0.4) is 0 Å². The minimum atomic E-state index is -3.44. The zero-order valence-corrected chi connectivity index (χ0v) is 14.4. The Hall–Kier alpha value is -0.470. The van der Waals surface area contributed by atoms with Crippen LogP contribution in [-0.4, -0.2) is 33.7 Å². The first kappa shape index (κ1) is 16.9. The number of hydrogen-bond donors (Lipinski definition) is 2. The van der Waals surface area contributed by atoms with E-state index in [9.17, 15) is 8.42 Å². The van der Waals surface area contributed by atoms with Gasteiger partial charge in [0, 0.05) is 26.2 Å². The molecule has 1 aromatic rings. The molecule has 2 rings (SSSR count).